The van der Waals surface area contributed by atoms with E-state index in [1.54, 1.807) is 6.07 Å². The lowest BCUT2D eigenvalue weighted by atomic mass is 10.2. The molecular formula is C5H7BN2O3. The van der Waals surface area contributed by atoms with Crippen LogP contribution in [-0.2, 0) is 0 Å². The summed E-state index contributed by atoms with van der Waals surface area (Å²) in [6.07, 6.45) is 1.41. The van der Waals surface area contributed by atoms with Gasteiger partial charge in [0, 0.05) is 18.0 Å². The van der Waals surface area contributed by atoms with Gasteiger partial charge < -0.3 is 20.4 Å². The molecule has 0 spiro atoms. The van der Waals surface area contributed by atoms with Gasteiger partial charge in [-0.25, -0.2) is 4.98 Å². The third-order valence-corrected chi connectivity index (χ3v) is 0.985. The van der Waals surface area contributed by atoms with Gasteiger partial charge in [-0.05, 0) is 6.07 Å². The maximum Gasteiger partial charge on any atom is 0.708 e. The first-order valence-corrected chi connectivity index (χ1v) is 2.93. The molecule has 0 aliphatic rings. The van der Waals surface area contributed by atoms with Crippen LogP contribution in [0.4, 0.5) is 5.69 Å². The van der Waals surface area contributed by atoms with Crippen LogP contribution in [0.15, 0.2) is 18.3 Å². The molecule has 4 N–H and O–H groups in total. The number of pyridine rings is 1. The fourth-order valence-electron chi connectivity index (χ4n) is 0.597. The molecule has 1 aromatic rings. The molecule has 0 amide bonds. The van der Waals surface area contributed by atoms with Crippen molar-refractivity contribution in [3.05, 3.63) is 18.3 Å². The van der Waals surface area contributed by atoms with Gasteiger partial charge in [-0.1, -0.05) is 0 Å². The Bertz CT molecular complexity index is 243. The van der Waals surface area contributed by atoms with Crippen LogP contribution in [0.1, 0.15) is 0 Å². The molecule has 1 aromatic heterocycles. The van der Waals surface area contributed by atoms with E-state index in [0.29, 0.717) is 5.69 Å². The molecule has 11 heavy (non-hydrogen) atoms. The van der Waals surface area contributed by atoms with Crippen LogP contribution >= 0.6 is 0 Å². The Morgan fingerprint density at radius 1 is 1.55 bits per heavy atom. The van der Waals surface area contributed by atoms with Crippen molar-refractivity contribution in [3.63, 3.8) is 0 Å². The van der Waals surface area contributed by atoms with E-state index >= 15 is 0 Å². The Morgan fingerprint density at radius 3 is 2.82 bits per heavy atom. The molecule has 0 bridgehead atoms. The standard InChI is InChI=1S/C5H7BN2O3/c7-4-1-2-8-5(3-4)11-6(9)10/h1-3,9-10H,(H2,7,8). The molecule has 1 rings (SSSR count). The lowest BCUT2D eigenvalue weighted by molar-refractivity contribution is 0.283. The lowest BCUT2D eigenvalue weighted by Crippen LogP contribution is -2.21. The molecule has 0 aliphatic heterocycles. The Hall–Kier alpha value is -1.27. The van der Waals surface area contributed by atoms with Crippen molar-refractivity contribution >= 4 is 13.0 Å². The molecule has 5 nitrogen and oxygen atoms in total. The number of nitrogens with zero attached hydrogens (tertiary/aromatic N) is 1. The van der Waals surface area contributed by atoms with Crippen molar-refractivity contribution in [1.29, 1.82) is 0 Å². The summed E-state index contributed by atoms with van der Waals surface area (Å²) in [5.41, 5.74) is 5.81. The molecule has 0 fully saturated rings. The van der Waals surface area contributed by atoms with Crippen molar-refractivity contribution in [1.82, 2.24) is 4.98 Å². The molecule has 0 atom stereocenters. The number of nitrogens with two attached hydrogens (primary N) is 1. The van der Waals surface area contributed by atoms with E-state index in [1.165, 1.54) is 12.3 Å². The molecule has 0 aliphatic carbocycles. The molecule has 1 heterocycles. The summed E-state index contributed by atoms with van der Waals surface area (Å²) in [6.45, 7) is 0. The highest BCUT2D eigenvalue weighted by molar-refractivity contribution is 6.33. The number of nitrogen functional groups attached to an aromatic ring is 1. The summed E-state index contributed by atoms with van der Waals surface area (Å²) < 4.78 is 4.42. The van der Waals surface area contributed by atoms with E-state index in [9.17, 15) is 0 Å². The fourth-order valence-corrected chi connectivity index (χ4v) is 0.597. The van der Waals surface area contributed by atoms with Crippen LogP contribution in [0, 0.1) is 0 Å². The minimum atomic E-state index is -1.86. The molecule has 0 saturated heterocycles. The summed E-state index contributed by atoms with van der Waals surface area (Å²) in [5.74, 6) is 0.0833. The average Bonchev–Trinajstić information content (AvgIpc) is 1.85. The minimum absolute atomic E-state index is 0.0833. The van der Waals surface area contributed by atoms with E-state index < -0.39 is 7.32 Å². The van der Waals surface area contributed by atoms with Crippen molar-refractivity contribution in [2.24, 2.45) is 0 Å². The maximum atomic E-state index is 8.35. The average molecular weight is 154 g/mol. The van der Waals surface area contributed by atoms with Crippen LogP contribution in [0.25, 0.3) is 0 Å². The van der Waals surface area contributed by atoms with Gasteiger partial charge in [0.2, 0.25) is 5.88 Å². The van der Waals surface area contributed by atoms with E-state index in [4.69, 9.17) is 15.8 Å². The van der Waals surface area contributed by atoms with Crippen molar-refractivity contribution < 1.29 is 14.7 Å². The predicted octanol–water partition coefficient (Wildman–Crippen LogP) is -0.988. The third kappa shape index (κ3) is 2.44. The SMILES string of the molecule is Nc1ccnc(OB(O)O)c1. The van der Waals surface area contributed by atoms with Gasteiger partial charge in [0.15, 0.2) is 0 Å². The van der Waals surface area contributed by atoms with Gasteiger partial charge in [0.1, 0.15) is 0 Å². The molecule has 58 valence electrons. The topological polar surface area (TPSA) is 88.6 Å². The monoisotopic (exact) mass is 154 g/mol. The Labute approximate surface area is 63.6 Å². The zero-order valence-electron chi connectivity index (χ0n) is 5.64. The fraction of sp³-hybridized carbons (Fsp3) is 0. The van der Waals surface area contributed by atoms with Gasteiger partial charge in [0.05, 0.1) is 0 Å². The van der Waals surface area contributed by atoms with Gasteiger partial charge in [0.25, 0.3) is 0 Å². The van der Waals surface area contributed by atoms with E-state index in [-0.39, 0.29) is 5.88 Å². The molecule has 0 unspecified atom stereocenters. The molecule has 0 aromatic carbocycles. The number of hydrogen-bond donors (Lipinski definition) is 3. The first-order valence-electron chi connectivity index (χ1n) is 2.93. The highest BCUT2D eigenvalue weighted by Gasteiger charge is 2.11. The number of aromatic nitrogens is 1. The zero-order valence-corrected chi connectivity index (χ0v) is 5.64. The first-order chi connectivity index (χ1) is 5.18. The highest BCUT2D eigenvalue weighted by atomic mass is 16.6. The summed E-state index contributed by atoms with van der Waals surface area (Å²) in [4.78, 5) is 3.66. The van der Waals surface area contributed by atoms with Crippen LogP contribution in [-0.4, -0.2) is 22.4 Å². The van der Waals surface area contributed by atoms with E-state index in [1.807, 2.05) is 0 Å². The molecule has 6 heteroatoms. The zero-order chi connectivity index (χ0) is 8.27. The van der Waals surface area contributed by atoms with Crippen LogP contribution in [0.5, 0.6) is 5.88 Å². The Balaban J connectivity index is 2.71. The normalized spacial score (nSPS) is 9.27. The quantitative estimate of drug-likeness (QED) is 0.476. The number of rotatable bonds is 2. The predicted molar refractivity (Wildman–Crippen MR) is 39.5 cm³/mol. The third-order valence-electron chi connectivity index (χ3n) is 0.985. The highest BCUT2D eigenvalue weighted by Crippen LogP contribution is 2.09. The van der Waals surface area contributed by atoms with Crippen LogP contribution in [0.3, 0.4) is 0 Å². The molecular weight excluding hydrogens is 147 g/mol. The van der Waals surface area contributed by atoms with Gasteiger partial charge in [-0.3, -0.25) is 0 Å². The van der Waals surface area contributed by atoms with Gasteiger partial charge >= 0.3 is 7.32 Å². The van der Waals surface area contributed by atoms with Crippen molar-refractivity contribution in [2.75, 3.05) is 5.73 Å². The van der Waals surface area contributed by atoms with Crippen molar-refractivity contribution in [2.45, 2.75) is 0 Å². The minimum Gasteiger partial charge on any atom is -0.498 e. The lowest BCUT2D eigenvalue weighted by Gasteiger charge is -2.02. The maximum absolute atomic E-state index is 8.35. The Kier molecular flexibility index (Phi) is 2.30. The first kappa shape index (κ1) is 7.84. The van der Waals surface area contributed by atoms with E-state index in [2.05, 4.69) is 9.64 Å². The van der Waals surface area contributed by atoms with Crippen LogP contribution in [0.2, 0.25) is 0 Å². The summed E-state index contributed by atoms with van der Waals surface area (Å²) in [6, 6.07) is 2.95. The second kappa shape index (κ2) is 3.22. The van der Waals surface area contributed by atoms with E-state index in [0.717, 1.165) is 0 Å². The molecule has 0 saturated carbocycles. The summed E-state index contributed by atoms with van der Waals surface area (Å²) in [7, 11) is -1.86. The number of anilines is 1. The number of hydrogen-bond acceptors (Lipinski definition) is 5. The largest absolute Gasteiger partial charge is 0.708 e. The Morgan fingerprint density at radius 2 is 2.27 bits per heavy atom. The smallest absolute Gasteiger partial charge is 0.498 e. The summed E-state index contributed by atoms with van der Waals surface area (Å²) in [5, 5.41) is 16.7. The second-order valence-electron chi connectivity index (χ2n) is 1.87. The van der Waals surface area contributed by atoms with Crippen molar-refractivity contribution in [3.8, 4) is 5.88 Å². The van der Waals surface area contributed by atoms with Gasteiger partial charge in [-0.15, -0.1) is 0 Å². The second-order valence-corrected chi connectivity index (χ2v) is 1.87. The summed E-state index contributed by atoms with van der Waals surface area (Å²) >= 11 is 0. The molecule has 0 radical (unpaired) electrons. The van der Waals surface area contributed by atoms with Crippen LogP contribution < -0.4 is 10.4 Å². The van der Waals surface area contributed by atoms with Gasteiger partial charge in [-0.2, -0.15) is 0 Å².